The van der Waals surface area contributed by atoms with Crippen LogP contribution in [0.4, 0.5) is 0 Å². The summed E-state index contributed by atoms with van der Waals surface area (Å²) < 4.78 is 6.46. The van der Waals surface area contributed by atoms with Gasteiger partial charge in [0.05, 0.1) is 17.5 Å². The summed E-state index contributed by atoms with van der Waals surface area (Å²) in [7, 11) is 0. The van der Waals surface area contributed by atoms with Gasteiger partial charge in [0.15, 0.2) is 0 Å². The molecule has 1 aromatic carbocycles. The van der Waals surface area contributed by atoms with Crippen LogP contribution in [0.5, 0.6) is 5.75 Å². The summed E-state index contributed by atoms with van der Waals surface area (Å²) in [4.78, 5) is 11.8. The lowest BCUT2D eigenvalue weighted by atomic mass is 10.2. The smallest absolute Gasteiger partial charge is 0.223 e. The Bertz CT molecular complexity index is 435. The van der Waals surface area contributed by atoms with Gasteiger partial charge < -0.3 is 15.8 Å². The van der Waals surface area contributed by atoms with E-state index < -0.39 is 0 Å². The molecular weight excluding hydrogens is 308 g/mol. The maximum Gasteiger partial charge on any atom is 0.223 e. The lowest BCUT2D eigenvalue weighted by Crippen LogP contribution is -2.42. The normalized spacial score (nSPS) is 15.9. The second kappa shape index (κ2) is 6.91. The molecule has 1 atom stereocenters. The van der Waals surface area contributed by atoms with E-state index in [0.717, 1.165) is 10.2 Å². The molecule has 1 unspecified atom stereocenters. The summed E-state index contributed by atoms with van der Waals surface area (Å²) in [6, 6.07) is 7.74. The summed E-state index contributed by atoms with van der Waals surface area (Å²) in [5.41, 5.74) is 5.65. The maximum atomic E-state index is 11.8. The maximum absolute atomic E-state index is 11.8. The van der Waals surface area contributed by atoms with Crippen LogP contribution in [0.3, 0.4) is 0 Å². The minimum atomic E-state index is 0.00871. The van der Waals surface area contributed by atoms with Crippen LogP contribution in [-0.2, 0) is 4.79 Å². The summed E-state index contributed by atoms with van der Waals surface area (Å²) in [6.45, 7) is 0.887. The minimum absolute atomic E-state index is 0.00871. The van der Waals surface area contributed by atoms with Gasteiger partial charge in [-0.15, -0.1) is 0 Å². The average Bonchev–Trinajstić information content (AvgIpc) is 3.22. The fraction of sp³-hybridized carbons (Fsp3) is 0.500. The first kappa shape index (κ1) is 14.3. The van der Waals surface area contributed by atoms with Gasteiger partial charge in [0.2, 0.25) is 5.91 Å². The Morgan fingerprint density at radius 2 is 2.21 bits per heavy atom. The van der Waals surface area contributed by atoms with E-state index in [1.54, 1.807) is 0 Å². The highest BCUT2D eigenvalue weighted by atomic mass is 79.9. The number of hydrogen-bond donors (Lipinski definition) is 2. The van der Waals surface area contributed by atoms with Gasteiger partial charge in [-0.2, -0.15) is 0 Å². The van der Waals surface area contributed by atoms with Crippen molar-refractivity contribution in [1.82, 2.24) is 5.32 Å². The molecule has 1 aliphatic carbocycles. The quantitative estimate of drug-likeness (QED) is 0.806. The van der Waals surface area contributed by atoms with E-state index in [1.807, 2.05) is 24.3 Å². The lowest BCUT2D eigenvalue weighted by molar-refractivity contribution is -0.122. The van der Waals surface area contributed by atoms with E-state index >= 15 is 0 Å². The molecule has 1 amide bonds. The van der Waals surface area contributed by atoms with Gasteiger partial charge in [-0.05, 0) is 46.8 Å². The van der Waals surface area contributed by atoms with Crippen molar-refractivity contribution in [3.8, 4) is 5.75 Å². The van der Waals surface area contributed by atoms with E-state index in [1.165, 1.54) is 12.8 Å². The monoisotopic (exact) mass is 326 g/mol. The van der Waals surface area contributed by atoms with Gasteiger partial charge >= 0.3 is 0 Å². The van der Waals surface area contributed by atoms with Crippen LogP contribution in [0.25, 0.3) is 0 Å². The van der Waals surface area contributed by atoms with Crippen molar-refractivity contribution in [1.29, 1.82) is 0 Å². The molecule has 0 radical (unpaired) electrons. The number of ether oxygens (including phenoxy) is 1. The molecule has 19 heavy (non-hydrogen) atoms. The molecule has 1 aliphatic rings. The highest BCUT2D eigenvalue weighted by Gasteiger charge is 2.31. The largest absolute Gasteiger partial charge is 0.492 e. The fourth-order valence-corrected chi connectivity index (χ4v) is 2.36. The van der Waals surface area contributed by atoms with Crippen LogP contribution in [0.1, 0.15) is 19.3 Å². The molecule has 0 heterocycles. The summed E-state index contributed by atoms with van der Waals surface area (Å²) in [5, 5.41) is 2.97. The SMILES string of the molecule is NCC(NC(=O)CCOc1ccccc1Br)C1CC1. The average molecular weight is 327 g/mol. The third-order valence-corrected chi connectivity index (χ3v) is 3.87. The van der Waals surface area contributed by atoms with Crippen molar-refractivity contribution in [2.75, 3.05) is 13.2 Å². The van der Waals surface area contributed by atoms with Crippen molar-refractivity contribution in [2.24, 2.45) is 11.7 Å². The Morgan fingerprint density at radius 1 is 1.47 bits per heavy atom. The number of carbonyl (C=O) groups excluding carboxylic acids is 1. The predicted octanol–water partition coefficient (Wildman–Crippen LogP) is 2.07. The number of rotatable bonds is 7. The van der Waals surface area contributed by atoms with Crippen molar-refractivity contribution in [3.63, 3.8) is 0 Å². The van der Waals surface area contributed by atoms with Gasteiger partial charge in [-0.25, -0.2) is 0 Å². The van der Waals surface area contributed by atoms with Crippen LogP contribution in [0.15, 0.2) is 28.7 Å². The van der Waals surface area contributed by atoms with E-state index in [4.69, 9.17) is 10.5 Å². The molecule has 104 valence electrons. The Balaban J connectivity index is 1.70. The van der Waals surface area contributed by atoms with E-state index in [9.17, 15) is 4.79 Å². The number of para-hydroxylation sites is 1. The predicted molar refractivity (Wildman–Crippen MR) is 78.0 cm³/mol. The van der Waals surface area contributed by atoms with Crippen molar-refractivity contribution >= 4 is 21.8 Å². The van der Waals surface area contributed by atoms with E-state index in [0.29, 0.717) is 25.5 Å². The van der Waals surface area contributed by atoms with Crippen LogP contribution in [-0.4, -0.2) is 25.1 Å². The molecule has 0 saturated heterocycles. The van der Waals surface area contributed by atoms with Crippen molar-refractivity contribution in [3.05, 3.63) is 28.7 Å². The Morgan fingerprint density at radius 3 is 2.84 bits per heavy atom. The van der Waals surface area contributed by atoms with Crippen molar-refractivity contribution < 1.29 is 9.53 Å². The van der Waals surface area contributed by atoms with Crippen LogP contribution in [0.2, 0.25) is 0 Å². The number of nitrogens with two attached hydrogens (primary N) is 1. The summed E-state index contributed by atoms with van der Waals surface area (Å²) in [5.74, 6) is 1.35. The molecule has 1 aromatic rings. The topological polar surface area (TPSA) is 64.3 Å². The molecule has 0 aromatic heterocycles. The highest BCUT2D eigenvalue weighted by molar-refractivity contribution is 9.10. The fourth-order valence-electron chi connectivity index (χ4n) is 1.96. The summed E-state index contributed by atoms with van der Waals surface area (Å²) >= 11 is 3.40. The number of halogens is 1. The third kappa shape index (κ3) is 4.51. The number of carbonyl (C=O) groups is 1. The van der Waals surface area contributed by atoms with E-state index in [2.05, 4.69) is 21.2 Å². The van der Waals surface area contributed by atoms with Gasteiger partial charge in [0.1, 0.15) is 5.75 Å². The van der Waals surface area contributed by atoms with Crippen LogP contribution in [0, 0.1) is 5.92 Å². The van der Waals surface area contributed by atoms with Gasteiger partial charge in [-0.3, -0.25) is 4.79 Å². The minimum Gasteiger partial charge on any atom is -0.492 e. The molecule has 2 rings (SSSR count). The first-order valence-electron chi connectivity index (χ1n) is 6.57. The second-order valence-electron chi connectivity index (χ2n) is 4.78. The zero-order valence-electron chi connectivity index (χ0n) is 10.8. The lowest BCUT2D eigenvalue weighted by Gasteiger charge is -2.16. The number of benzene rings is 1. The standard InChI is InChI=1S/C14H19BrN2O2/c15-11-3-1-2-4-13(11)19-8-7-14(18)17-12(9-16)10-5-6-10/h1-4,10,12H,5-9,16H2,(H,17,18). The van der Waals surface area contributed by atoms with Crippen LogP contribution >= 0.6 is 15.9 Å². The molecule has 4 nitrogen and oxygen atoms in total. The molecule has 1 fully saturated rings. The number of amides is 1. The third-order valence-electron chi connectivity index (χ3n) is 3.21. The van der Waals surface area contributed by atoms with Crippen LogP contribution < -0.4 is 15.8 Å². The Hall–Kier alpha value is -1.07. The molecule has 3 N–H and O–H groups in total. The highest BCUT2D eigenvalue weighted by Crippen LogP contribution is 2.32. The van der Waals surface area contributed by atoms with E-state index in [-0.39, 0.29) is 11.9 Å². The summed E-state index contributed by atoms with van der Waals surface area (Å²) in [6.07, 6.45) is 2.70. The van der Waals surface area contributed by atoms with Gasteiger partial charge in [0.25, 0.3) is 0 Å². The Kier molecular flexibility index (Phi) is 5.22. The molecule has 1 saturated carbocycles. The zero-order chi connectivity index (χ0) is 13.7. The van der Waals surface area contributed by atoms with Gasteiger partial charge in [-0.1, -0.05) is 12.1 Å². The Labute approximate surface area is 121 Å². The van der Waals surface area contributed by atoms with Gasteiger partial charge in [0, 0.05) is 12.6 Å². The molecule has 0 spiro atoms. The number of hydrogen-bond acceptors (Lipinski definition) is 3. The number of nitrogens with one attached hydrogen (secondary N) is 1. The first-order chi connectivity index (χ1) is 9.20. The molecule has 0 bridgehead atoms. The molecular formula is C14H19BrN2O2. The molecule has 5 heteroatoms. The second-order valence-corrected chi connectivity index (χ2v) is 5.63. The first-order valence-corrected chi connectivity index (χ1v) is 7.36. The van der Waals surface area contributed by atoms with Crippen molar-refractivity contribution in [2.45, 2.75) is 25.3 Å². The zero-order valence-corrected chi connectivity index (χ0v) is 12.4. The molecule has 0 aliphatic heterocycles.